The summed E-state index contributed by atoms with van der Waals surface area (Å²) in [5.41, 5.74) is 1.81. The van der Waals surface area contributed by atoms with Gasteiger partial charge in [0.1, 0.15) is 12.4 Å². The van der Waals surface area contributed by atoms with E-state index >= 15 is 0 Å². The zero-order chi connectivity index (χ0) is 21.8. The Kier molecular flexibility index (Phi) is 6.93. The van der Waals surface area contributed by atoms with Gasteiger partial charge in [0.15, 0.2) is 0 Å². The van der Waals surface area contributed by atoms with E-state index in [1.807, 2.05) is 47.7 Å². The van der Waals surface area contributed by atoms with E-state index in [1.165, 1.54) is 25.7 Å². The second-order valence-electron chi connectivity index (χ2n) is 9.41. The molecule has 0 spiro atoms. The van der Waals surface area contributed by atoms with Crippen molar-refractivity contribution in [3.05, 3.63) is 30.1 Å². The molecule has 1 aromatic carbocycles. The van der Waals surface area contributed by atoms with Crippen molar-refractivity contribution < 1.29 is 9.59 Å². The Morgan fingerprint density at radius 2 is 1.71 bits per heavy atom. The molecule has 31 heavy (non-hydrogen) atoms. The third-order valence-corrected chi connectivity index (χ3v) is 7.22. The predicted molar refractivity (Wildman–Crippen MR) is 123 cm³/mol. The zero-order valence-corrected chi connectivity index (χ0v) is 19.0. The number of rotatable bonds is 6. The molecule has 1 heterocycles. The molecule has 2 amide bonds. The Morgan fingerprint density at radius 1 is 1.06 bits per heavy atom. The van der Waals surface area contributed by atoms with Crippen LogP contribution in [-0.2, 0) is 16.1 Å². The molecule has 6 heteroatoms. The lowest BCUT2D eigenvalue weighted by Crippen LogP contribution is -2.40. The summed E-state index contributed by atoms with van der Waals surface area (Å²) in [5.74, 6) is 1.10. The fourth-order valence-electron chi connectivity index (χ4n) is 5.27. The smallest absolute Gasteiger partial charge is 0.242 e. The van der Waals surface area contributed by atoms with Crippen LogP contribution in [0.5, 0.6) is 0 Å². The SMILES string of the molecule is CC(NC(=O)C1CCCCC1)c1nc2ccccc2n1CC(=O)N(C)C1CCCCC1. The molecule has 2 saturated carbocycles. The summed E-state index contributed by atoms with van der Waals surface area (Å²) in [6.07, 6.45) is 11.3. The van der Waals surface area contributed by atoms with Crippen LogP contribution >= 0.6 is 0 Å². The van der Waals surface area contributed by atoms with Gasteiger partial charge in [-0.3, -0.25) is 9.59 Å². The molecule has 1 N–H and O–H groups in total. The fraction of sp³-hybridized carbons (Fsp3) is 0.640. The van der Waals surface area contributed by atoms with Crippen molar-refractivity contribution in [3.8, 4) is 0 Å². The zero-order valence-electron chi connectivity index (χ0n) is 19.0. The van der Waals surface area contributed by atoms with Crippen molar-refractivity contribution in [1.29, 1.82) is 0 Å². The molecule has 2 aliphatic rings. The Bertz CT molecular complexity index is 909. The number of carbonyl (C=O) groups excluding carboxylic acids is 2. The molecule has 1 aromatic heterocycles. The molecule has 1 unspecified atom stereocenters. The summed E-state index contributed by atoms with van der Waals surface area (Å²) in [7, 11) is 1.94. The van der Waals surface area contributed by atoms with Gasteiger partial charge < -0.3 is 14.8 Å². The molecule has 0 radical (unpaired) electrons. The summed E-state index contributed by atoms with van der Waals surface area (Å²) < 4.78 is 2.00. The number of amides is 2. The summed E-state index contributed by atoms with van der Waals surface area (Å²) >= 11 is 0. The van der Waals surface area contributed by atoms with E-state index in [9.17, 15) is 9.59 Å². The first-order valence-corrected chi connectivity index (χ1v) is 12.1. The maximum Gasteiger partial charge on any atom is 0.242 e. The molecule has 6 nitrogen and oxygen atoms in total. The van der Waals surface area contributed by atoms with Gasteiger partial charge in [0.2, 0.25) is 11.8 Å². The summed E-state index contributed by atoms with van der Waals surface area (Å²) in [5, 5.41) is 3.19. The van der Waals surface area contributed by atoms with Crippen LogP contribution in [0.4, 0.5) is 0 Å². The third kappa shape index (κ3) is 4.94. The number of carbonyl (C=O) groups is 2. The van der Waals surface area contributed by atoms with Crippen LogP contribution in [0, 0.1) is 5.92 Å². The number of hydrogen-bond donors (Lipinski definition) is 1. The van der Waals surface area contributed by atoms with Crippen LogP contribution in [-0.4, -0.2) is 39.4 Å². The predicted octanol–water partition coefficient (Wildman–Crippen LogP) is 4.58. The topological polar surface area (TPSA) is 67.2 Å². The fourth-order valence-corrected chi connectivity index (χ4v) is 5.27. The maximum atomic E-state index is 13.2. The standard InChI is InChI=1S/C25H36N4O2/c1-18(26-25(31)19-11-5-3-6-12-19)24-27-21-15-9-10-16-22(21)29(24)17-23(30)28(2)20-13-7-4-8-14-20/h9-10,15-16,18-20H,3-8,11-14,17H2,1-2H3,(H,26,31). The van der Waals surface area contributed by atoms with Crippen LogP contribution in [0.3, 0.4) is 0 Å². The van der Waals surface area contributed by atoms with Crippen LogP contribution < -0.4 is 5.32 Å². The molecular weight excluding hydrogens is 388 g/mol. The van der Waals surface area contributed by atoms with Crippen molar-refractivity contribution in [2.75, 3.05) is 7.05 Å². The molecular formula is C25H36N4O2. The average Bonchev–Trinajstić information content (AvgIpc) is 3.18. The minimum atomic E-state index is -0.241. The quantitative estimate of drug-likeness (QED) is 0.738. The lowest BCUT2D eigenvalue weighted by atomic mass is 9.88. The van der Waals surface area contributed by atoms with E-state index < -0.39 is 0 Å². The summed E-state index contributed by atoms with van der Waals surface area (Å²) in [6.45, 7) is 2.24. The van der Waals surface area contributed by atoms with Crippen molar-refractivity contribution in [1.82, 2.24) is 19.8 Å². The van der Waals surface area contributed by atoms with E-state index in [0.717, 1.165) is 55.4 Å². The first-order chi connectivity index (χ1) is 15.0. The normalized spacial score (nSPS) is 19.3. The number of likely N-dealkylation sites (N-methyl/N-ethyl adjacent to an activating group) is 1. The monoisotopic (exact) mass is 424 g/mol. The van der Waals surface area contributed by atoms with Gasteiger partial charge in [-0.05, 0) is 44.7 Å². The second-order valence-corrected chi connectivity index (χ2v) is 9.41. The Balaban J connectivity index is 1.53. The van der Waals surface area contributed by atoms with E-state index in [2.05, 4.69) is 5.32 Å². The van der Waals surface area contributed by atoms with Gasteiger partial charge in [-0.2, -0.15) is 0 Å². The average molecular weight is 425 g/mol. The van der Waals surface area contributed by atoms with E-state index in [1.54, 1.807) is 0 Å². The maximum absolute atomic E-state index is 13.2. The Labute approximate surface area is 185 Å². The molecule has 2 aliphatic carbocycles. The Morgan fingerprint density at radius 3 is 2.42 bits per heavy atom. The van der Waals surface area contributed by atoms with Crippen molar-refractivity contribution in [3.63, 3.8) is 0 Å². The van der Waals surface area contributed by atoms with Crippen LogP contribution in [0.25, 0.3) is 11.0 Å². The minimum Gasteiger partial charge on any atom is -0.346 e. The molecule has 0 aliphatic heterocycles. The number of hydrogen-bond acceptors (Lipinski definition) is 3. The number of para-hydroxylation sites is 2. The van der Waals surface area contributed by atoms with Crippen LogP contribution in [0.1, 0.15) is 83.0 Å². The molecule has 0 bridgehead atoms. The molecule has 168 valence electrons. The van der Waals surface area contributed by atoms with Crippen molar-refractivity contribution in [2.24, 2.45) is 5.92 Å². The molecule has 2 aromatic rings. The highest BCUT2D eigenvalue weighted by molar-refractivity contribution is 5.82. The highest BCUT2D eigenvalue weighted by atomic mass is 16.2. The number of fused-ring (bicyclic) bond motifs is 1. The summed E-state index contributed by atoms with van der Waals surface area (Å²) in [6, 6.07) is 8.02. The van der Waals surface area contributed by atoms with Gasteiger partial charge >= 0.3 is 0 Å². The largest absolute Gasteiger partial charge is 0.346 e. The van der Waals surface area contributed by atoms with Gasteiger partial charge in [0.05, 0.1) is 17.1 Å². The highest BCUT2D eigenvalue weighted by Crippen LogP contribution is 2.27. The number of nitrogens with one attached hydrogen (secondary N) is 1. The van der Waals surface area contributed by atoms with Gasteiger partial charge in [0, 0.05) is 19.0 Å². The minimum absolute atomic E-state index is 0.105. The number of imidazole rings is 1. The highest BCUT2D eigenvalue weighted by Gasteiger charge is 2.27. The van der Waals surface area contributed by atoms with Crippen LogP contribution in [0.15, 0.2) is 24.3 Å². The van der Waals surface area contributed by atoms with Gasteiger partial charge in [0.25, 0.3) is 0 Å². The molecule has 2 fully saturated rings. The van der Waals surface area contributed by atoms with Gasteiger partial charge in [-0.15, -0.1) is 0 Å². The Hall–Kier alpha value is -2.37. The first kappa shape index (κ1) is 21.8. The third-order valence-electron chi connectivity index (χ3n) is 7.22. The number of nitrogens with zero attached hydrogens (tertiary/aromatic N) is 3. The lowest BCUT2D eigenvalue weighted by Gasteiger charge is -2.31. The van der Waals surface area contributed by atoms with Gasteiger partial charge in [-0.1, -0.05) is 50.7 Å². The second kappa shape index (κ2) is 9.84. The van der Waals surface area contributed by atoms with E-state index in [4.69, 9.17) is 4.98 Å². The van der Waals surface area contributed by atoms with E-state index in [0.29, 0.717) is 6.04 Å². The number of benzene rings is 1. The first-order valence-electron chi connectivity index (χ1n) is 12.1. The molecule has 0 saturated heterocycles. The molecule has 1 atom stereocenters. The van der Waals surface area contributed by atoms with Crippen molar-refractivity contribution >= 4 is 22.8 Å². The van der Waals surface area contributed by atoms with Crippen LogP contribution in [0.2, 0.25) is 0 Å². The van der Waals surface area contributed by atoms with Crippen molar-refractivity contribution in [2.45, 2.75) is 89.8 Å². The van der Waals surface area contributed by atoms with E-state index in [-0.39, 0.29) is 30.3 Å². The van der Waals surface area contributed by atoms with Gasteiger partial charge in [-0.25, -0.2) is 4.98 Å². The summed E-state index contributed by atoms with van der Waals surface area (Å²) in [4.78, 5) is 32.8. The lowest BCUT2D eigenvalue weighted by molar-refractivity contribution is -0.133. The number of aromatic nitrogens is 2. The molecule has 4 rings (SSSR count).